The fourth-order valence-electron chi connectivity index (χ4n) is 2.88. The van der Waals surface area contributed by atoms with Gasteiger partial charge in [-0.1, -0.05) is 36.8 Å². The summed E-state index contributed by atoms with van der Waals surface area (Å²) in [6, 6.07) is 6.68. The summed E-state index contributed by atoms with van der Waals surface area (Å²) >= 11 is 0. The Labute approximate surface area is 127 Å². The maximum Gasteiger partial charge on any atom is 0.471 e. The van der Waals surface area contributed by atoms with Gasteiger partial charge in [0, 0.05) is 6.42 Å². The van der Waals surface area contributed by atoms with Crippen molar-refractivity contribution in [1.29, 1.82) is 0 Å². The summed E-state index contributed by atoms with van der Waals surface area (Å²) in [7, 11) is 0. The summed E-state index contributed by atoms with van der Waals surface area (Å²) in [6.45, 7) is 1.53. The Morgan fingerprint density at radius 1 is 1.23 bits per heavy atom. The molecule has 6 heteroatoms. The molecule has 120 valence electrons. The third-order valence-corrected chi connectivity index (χ3v) is 4.03. The van der Waals surface area contributed by atoms with E-state index in [9.17, 15) is 22.8 Å². The Bertz CT molecular complexity index is 542. The van der Waals surface area contributed by atoms with Crippen LogP contribution in [0, 0.1) is 0 Å². The Morgan fingerprint density at radius 3 is 2.41 bits per heavy atom. The van der Waals surface area contributed by atoms with Crippen LogP contribution in [0.5, 0.6) is 0 Å². The van der Waals surface area contributed by atoms with E-state index in [1.165, 1.54) is 6.92 Å². The van der Waals surface area contributed by atoms with Crippen LogP contribution in [0.3, 0.4) is 0 Å². The fraction of sp³-hybridized carbons (Fsp3) is 0.500. The van der Waals surface area contributed by atoms with E-state index in [1.807, 2.05) is 0 Å². The highest BCUT2D eigenvalue weighted by atomic mass is 19.4. The number of amides is 1. The van der Waals surface area contributed by atoms with Crippen molar-refractivity contribution in [3.8, 4) is 0 Å². The van der Waals surface area contributed by atoms with Crippen LogP contribution in [0.4, 0.5) is 13.2 Å². The Morgan fingerprint density at radius 2 is 1.86 bits per heavy atom. The van der Waals surface area contributed by atoms with Gasteiger partial charge in [0.25, 0.3) is 0 Å². The lowest BCUT2D eigenvalue weighted by atomic mass is 9.91. The molecule has 0 aromatic heterocycles. The highest BCUT2D eigenvalue weighted by molar-refractivity contribution is 5.91. The summed E-state index contributed by atoms with van der Waals surface area (Å²) < 4.78 is 38.9. The molecule has 2 rings (SSSR count). The maximum absolute atomic E-state index is 13.0. The smallest absolute Gasteiger partial charge is 0.318 e. The van der Waals surface area contributed by atoms with Gasteiger partial charge in [0.15, 0.2) is 5.78 Å². The predicted molar refractivity (Wildman–Crippen MR) is 75.0 cm³/mol. The first-order chi connectivity index (χ1) is 10.3. The molecule has 0 radical (unpaired) electrons. The lowest BCUT2D eigenvalue weighted by Crippen LogP contribution is -2.52. The largest absolute Gasteiger partial charge is 0.471 e. The second kappa shape index (κ2) is 6.50. The minimum Gasteiger partial charge on any atom is -0.318 e. The van der Waals surface area contributed by atoms with Crippen LogP contribution < -0.4 is 0 Å². The molecule has 0 bridgehead atoms. The van der Waals surface area contributed by atoms with Crippen molar-refractivity contribution in [2.24, 2.45) is 0 Å². The number of alkyl halides is 3. The molecule has 1 aromatic rings. The van der Waals surface area contributed by atoms with E-state index < -0.39 is 24.2 Å². The van der Waals surface area contributed by atoms with Crippen molar-refractivity contribution in [1.82, 2.24) is 4.90 Å². The number of hydrogen-bond donors (Lipinski definition) is 0. The second-order valence-corrected chi connectivity index (χ2v) is 5.52. The molecule has 0 saturated heterocycles. The minimum atomic E-state index is -4.99. The average molecular weight is 313 g/mol. The van der Waals surface area contributed by atoms with Crippen LogP contribution in [0.2, 0.25) is 0 Å². The second-order valence-electron chi connectivity index (χ2n) is 5.52. The van der Waals surface area contributed by atoms with E-state index in [2.05, 4.69) is 0 Å². The van der Waals surface area contributed by atoms with Gasteiger partial charge >= 0.3 is 12.1 Å². The van der Waals surface area contributed by atoms with Crippen LogP contribution in [0.25, 0.3) is 0 Å². The van der Waals surface area contributed by atoms with Crippen LogP contribution in [-0.4, -0.2) is 28.8 Å². The molecule has 22 heavy (non-hydrogen) atoms. The van der Waals surface area contributed by atoms with Crippen molar-refractivity contribution < 1.29 is 22.8 Å². The first-order valence-electron chi connectivity index (χ1n) is 7.29. The lowest BCUT2D eigenvalue weighted by molar-refractivity contribution is -0.191. The van der Waals surface area contributed by atoms with E-state index in [0.717, 1.165) is 4.90 Å². The van der Waals surface area contributed by atoms with Gasteiger partial charge in [-0.2, -0.15) is 13.2 Å². The van der Waals surface area contributed by atoms with E-state index in [0.29, 0.717) is 18.4 Å². The van der Waals surface area contributed by atoms with Crippen LogP contribution in [0.15, 0.2) is 30.3 Å². The topological polar surface area (TPSA) is 37.4 Å². The molecule has 3 nitrogen and oxygen atoms in total. The Hall–Kier alpha value is -1.85. The molecular formula is C16H18F3NO2. The molecule has 0 heterocycles. The Balaban J connectivity index is 2.37. The number of hydrogen-bond acceptors (Lipinski definition) is 2. The van der Waals surface area contributed by atoms with Gasteiger partial charge in [0.2, 0.25) is 0 Å². The summed E-state index contributed by atoms with van der Waals surface area (Å²) in [5.41, 5.74) is 0.582. The number of rotatable bonds is 3. The third-order valence-electron chi connectivity index (χ3n) is 4.03. The average Bonchev–Trinajstić information content (AvgIpc) is 2.49. The standard InChI is InChI=1S/C16H18F3NO2/c1-11(12-7-3-2-4-8-12)20(15(22)16(17,18)19)13-9-5-6-10-14(13)21/h2-4,7-8,11,13H,5-6,9-10H2,1H3/t11-,13?/m0/s1. The normalized spacial score (nSPS) is 20.5. The van der Waals surface area contributed by atoms with Gasteiger partial charge in [-0.05, 0) is 25.3 Å². The highest BCUT2D eigenvalue weighted by Gasteiger charge is 2.48. The van der Waals surface area contributed by atoms with Gasteiger partial charge in [-0.15, -0.1) is 0 Å². The lowest BCUT2D eigenvalue weighted by Gasteiger charge is -2.38. The molecule has 1 fully saturated rings. The van der Waals surface area contributed by atoms with E-state index in [1.54, 1.807) is 30.3 Å². The molecule has 1 aliphatic carbocycles. The minimum absolute atomic E-state index is 0.230. The molecular weight excluding hydrogens is 295 g/mol. The molecule has 1 amide bonds. The van der Waals surface area contributed by atoms with Crippen molar-refractivity contribution in [2.45, 2.75) is 50.9 Å². The zero-order chi connectivity index (χ0) is 16.3. The van der Waals surface area contributed by atoms with Crippen molar-refractivity contribution in [3.63, 3.8) is 0 Å². The first-order valence-corrected chi connectivity index (χ1v) is 7.29. The highest BCUT2D eigenvalue weighted by Crippen LogP contribution is 2.32. The number of carbonyl (C=O) groups is 2. The zero-order valence-electron chi connectivity index (χ0n) is 12.3. The van der Waals surface area contributed by atoms with Crippen LogP contribution >= 0.6 is 0 Å². The predicted octanol–water partition coefficient (Wildman–Crippen LogP) is 3.65. The molecule has 1 saturated carbocycles. The van der Waals surface area contributed by atoms with Crippen LogP contribution in [0.1, 0.15) is 44.2 Å². The number of benzene rings is 1. The SMILES string of the molecule is C[C@@H](c1ccccc1)N(C(=O)C(F)(F)F)C1CCCCC1=O. The number of nitrogens with zero attached hydrogens (tertiary/aromatic N) is 1. The summed E-state index contributed by atoms with van der Waals surface area (Å²) in [6.07, 6.45) is -3.14. The van der Waals surface area contributed by atoms with E-state index in [-0.39, 0.29) is 18.6 Å². The molecule has 0 aliphatic heterocycles. The van der Waals surface area contributed by atoms with Crippen molar-refractivity contribution >= 4 is 11.7 Å². The van der Waals surface area contributed by atoms with Gasteiger partial charge in [0.1, 0.15) is 0 Å². The van der Waals surface area contributed by atoms with E-state index >= 15 is 0 Å². The van der Waals surface area contributed by atoms with Crippen LogP contribution in [-0.2, 0) is 9.59 Å². The number of carbonyl (C=O) groups excluding carboxylic acids is 2. The summed E-state index contributed by atoms with van der Waals surface area (Å²) in [5.74, 6) is -2.23. The molecule has 2 atom stereocenters. The summed E-state index contributed by atoms with van der Waals surface area (Å²) in [4.78, 5) is 24.6. The fourth-order valence-corrected chi connectivity index (χ4v) is 2.88. The summed E-state index contributed by atoms with van der Waals surface area (Å²) in [5, 5.41) is 0. The van der Waals surface area contributed by atoms with E-state index in [4.69, 9.17) is 0 Å². The van der Waals surface area contributed by atoms with Crippen molar-refractivity contribution in [3.05, 3.63) is 35.9 Å². The van der Waals surface area contributed by atoms with Gasteiger partial charge in [-0.25, -0.2) is 0 Å². The van der Waals surface area contributed by atoms with Gasteiger partial charge in [0.05, 0.1) is 12.1 Å². The first kappa shape index (κ1) is 16.5. The van der Waals surface area contributed by atoms with Crippen molar-refractivity contribution in [2.75, 3.05) is 0 Å². The third kappa shape index (κ3) is 3.48. The monoisotopic (exact) mass is 313 g/mol. The quantitative estimate of drug-likeness (QED) is 0.854. The molecule has 0 N–H and O–H groups in total. The maximum atomic E-state index is 13.0. The number of halogens is 3. The Kier molecular flexibility index (Phi) is 4.88. The molecule has 1 unspecified atom stereocenters. The molecule has 1 aromatic carbocycles. The number of ketones is 1. The molecule has 0 spiro atoms. The van der Waals surface area contributed by atoms with Gasteiger partial charge in [-0.3, -0.25) is 9.59 Å². The number of Topliss-reactive ketones (excluding diaryl/α,β-unsaturated/α-hetero) is 1. The molecule has 1 aliphatic rings. The van der Waals surface area contributed by atoms with Gasteiger partial charge < -0.3 is 4.90 Å². The zero-order valence-corrected chi connectivity index (χ0v) is 12.3.